The number of hydrogen-bond acceptors (Lipinski definition) is 8. The first-order chi connectivity index (χ1) is 22.3. The number of carbonyl (C=O) groups is 4. The molecule has 0 radical (unpaired) electrons. The Labute approximate surface area is 269 Å². The fourth-order valence-corrected chi connectivity index (χ4v) is 5.97. The van der Waals surface area contributed by atoms with Gasteiger partial charge in [-0.15, -0.1) is 0 Å². The fourth-order valence-electron chi connectivity index (χ4n) is 5.97. The number of hydrogen-bond donors (Lipinski definition) is 2. The Morgan fingerprint density at radius 3 is 2.52 bits per heavy atom. The molecule has 0 spiro atoms. The lowest BCUT2D eigenvalue weighted by molar-refractivity contribution is -0.125. The summed E-state index contributed by atoms with van der Waals surface area (Å²) in [4.78, 5) is 60.5. The average Bonchev–Trinajstić information content (AvgIpc) is 3.07. The van der Waals surface area contributed by atoms with Crippen molar-refractivity contribution in [2.75, 3.05) is 30.4 Å². The second-order valence-electron chi connectivity index (χ2n) is 12.0. The Balaban J connectivity index is 1.12. The molecule has 46 heavy (non-hydrogen) atoms. The van der Waals surface area contributed by atoms with Crippen molar-refractivity contribution in [3.8, 4) is 11.3 Å². The molecule has 10 heteroatoms. The predicted molar refractivity (Wildman–Crippen MR) is 179 cm³/mol. The molecule has 1 fully saturated rings. The van der Waals surface area contributed by atoms with E-state index in [4.69, 9.17) is 9.97 Å². The lowest BCUT2D eigenvalue weighted by Gasteiger charge is -2.32. The molecule has 1 atom stereocenters. The van der Waals surface area contributed by atoms with E-state index in [1.807, 2.05) is 55.5 Å². The molecule has 1 aliphatic heterocycles. The van der Waals surface area contributed by atoms with Crippen LogP contribution in [-0.4, -0.2) is 65.6 Å². The van der Waals surface area contributed by atoms with E-state index >= 15 is 0 Å². The van der Waals surface area contributed by atoms with E-state index in [1.165, 1.54) is 5.39 Å². The summed E-state index contributed by atoms with van der Waals surface area (Å²) in [7, 11) is 1.92. The third-order valence-corrected chi connectivity index (χ3v) is 8.85. The number of nitrogens with zero attached hydrogens (tertiary/aromatic N) is 4. The first-order valence-electron chi connectivity index (χ1n) is 15.7. The summed E-state index contributed by atoms with van der Waals surface area (Å²) in [6, 6.07) is 19.8. The number of fused-ring (bicyclic) bond motifs is 1. The first-order valence-corrected chi connectivity index (χ1v) is 15.7. The van der Waals surface area contributed by atoms with Crippen LogP contribution >= 0.6 is 0 Å². The van der Waals surface area contributed by atoms with Gasteiger partial charge in [-0.1, -0.05) is 42.5 Å². The number of anilines is 2. The van der Waals surface area contributed by atoms with Gasteiger partial charge < -0.3 is 10.2 Å². The third-order valence-electron chi connectivity index (χ3n) is 8.85. The normalized spacial score (nSPS) is 14.2. The molecule has 0 bridgehead atoms. The van der Waals surface area contributed by atoms with Gasteiger partial charge in [-0.25, -0.2) is 4.98 Å². The Morgan fingerprint density at radius 2 is 1.78 bits per heavy atom. The Morgan fingerprint density at radius 1 is 1.00 bits per heavy atom. The molecule has 2 N–H and O–H groups in total. The summed E-state index contributed by atoms with van der Waals surface area (Å²) >= 11 is 0. The minimum Gasteiger partial charge on any atom is -0.355 e. The first kappa shape index (κ1) is 32.4. The average molecular weight is 621 g/mol. The number of amides is 3. The second-order valence-corrected chi connectivity index (χ2v) is 12.0. The predicted octanol–water partition coefficient (Wildman–Crippen LogP) is 5.23. The Hall–Kier alpha value is -4.96. The number of piperidine rings is 1. The zero-order chi connectivity index (χ0) is 32.5. The van der Waals surface area contributed by atoms with Crippen LogP contribution in [0.5, 0.6) is 0 Å². The van der Waals surface area contributed by atoms with Gasteiger partial charge in [0, 0.05) is 55.3 Å². The largest absolute Gasteiger partial charge is 0.355 e. The van der Waals surface area contributed by atoms with Crippen LogP contribution in [0.3, 0.4) is 0 Å². The van der Waals surface area contributed by atoms with Crippen LogP contribution in [0.25, 0.3) is 22.0 Å². The second kappa shape index (κ2) is 15.4. The van der Waals surface area contributed by atoms with Gasteiger partial charge in [-0.2, -0.15) is 0 Å². The van der Waals surface area contributed by atoms with Crippen LogP contribution in [0, 0.1) is 5.92 Å². The SMILES string of the molecule is CC(CCC(=O)NC=O)N(C)Cc1cc(NC(=O)CC2CCN(c3cnc(-c4cccc5ccccc45)cn3)CC2)ccc1C=O. The number of aldehydes is 1. The van der Waals surface area contributed by atoms with E-state index in [0.717, 1.165) is 60.2 Å². The third kappa shape index (κ3) is 8.19. The van der Waals surface area contributed by atoms with Crippen molar-refractivity contribution in [3.05, 3.63) is 84.2 Å². The molecule has 10 nitrogen and oxygen atoms in total. The van der Waals surface area contributed by atoms with Gasteiger partial charge in [0.25, 0.3) is 0 Å². The van der Waals surface area contributed by atoms with Crippen LogP contribution in [0.4, 0.5) is 11.5 Å². The topological polar surface area (TPSA) is 125 Å². The van der Waals surface area contributed by atoms with E-state index in [2.05, 4.69) is 39.8 Å². The van der Waals surface area contributed by atoms with E-state index < -0.39 is 0 Å². The summed E-state index contributed by atoms with van der Waals surface area (Å²) in [5.74, 6) is 0.735. The molecule has 0 saturated carbocycles. The summed E-state index contributed by atoms with van der Waals surface area (Å²) < 4.78 is 0. The number of aromatic nitrogens is 2. The van der Waals surface area contributed by atoms with Crippen molar-refractivity contribution in [2.24, 2.45) is 5.92 Å². The highest BCUT2D eigenvalue weighted by atomic mass is 16.2. The van der Waals surface area contributed by atoms with Crippen molar-refractivity contribution in [2.45, 2.75) is 51.6 Å². The molecule has 5 rings (SSSR count). The molecule has 1 unspecified atom stereocenters. The maximum atomic E-state index is 13.0. The molecule has 238 valence electrons. The van der Waals surface area contributed by atoms with Crippen molar-refractivity contribution >= 4 is 46.8 Å². The number of carbonyl (C=O) groups excluding carboxylic acids is 4. The monoisotopic (exact) mass is 620 g/mol. The van der Waals surface area contributed by atoms with Crippen LogP contribution in [0.1, 0.15) is 54.9 Å². The summed E-state index contributed by atoms with van der Waals surface area (Å²) in [5.41, 5.74) is 3.90. The minimum atomic E-state index is -0.320. The van der Waals surface area contributed by atoms with Crippen molar-refractivity contribution in [1.29, 1.82) is 0 Å². The van der Waals surface area contributed by atoms with Gasteiger partial charge in [0.2, 0.25) is 18.2 Å². The lowest BCUT2D eigenvalue weighted by Crippen LogP contribution is -2.35. The van der Waals surface area contributed by atoms with Gasteiger partial charge in [0.15, 0.2) is 0 Å². The van der Waals surface area contributed by atoms with Crippen molar-refractivity contribution < 1.29 is 19.2 Å². The standard InChI is InChI=1S/C36H40N6O4/c1-25(10-13-35(45)39-24-44)41(2)22-29-19-30(12-11-28(29)23-43)40-36(46)18-26-14-16-42(17-15-26)34-21-37-33(20-38-34)32-9-5-7-27-6-3-4-8-31(27)32/h3-9,11-12,19-21,23-26H,10,13-18,22H2,1-2H3,(H,40,46)(H,39,44,45). The molecule has 3 amide bonds. The molecule has 1 saturated heterocycles. The minimum absolute atomic E-state index is 0.0362. The van der Waals surface area contributed by atoms with Crippen LogP contribution < -0.4 is 15.5 Å². The number of imide groups is 1. The Kier molecular flexibility index (Phi) is 10.8. The molecule has 0 aliphatic carbocycles. The molecular formula is C36H40N6O4. The molecule has 1 aromatic heterocycles. The van der Waals surface area contributed by atoms with Crippen LogP contribution in [-0.2, 0) is 20.9 Å². The summed E-state index contributed by atoms with van der Waals surface area (Å²) in [5, 5.41) is 7.49. The fraction of sp³-hybridized carbons (Fsp3) is 0.333. The van der Waals surface area contributed by atoms with Gasteiger partial charge in [0.1, 0.15) is 12.1 Å². The van der Waals surface area contributed by atoms with Gasteiger partial charge in [0.05, 0.1) is 18.1 Å². The van der Waals surface area contributed by atoms with Crippen LogP contribution in [0.15, 0.2) is 73.1 Å². The zero-order valence-electron chi connectivity index (χ0n) is 26.3. The summed E-state index contributed by atoms with van der Waals surface area (Å²) in [6.45, 7) is 4.07. The smallest absolute Gasteiger partial charge is 0.226 e. The maximum absolute atomic E-state index is 13.0. The van der Waals surface area contributed by atoms with E-state index in [1.54, 1.807) is 12.1 Å². The van der Waals surface area contributed by atoms with E-state index in [-0.39, 0.29) is 30.2 Å². The highest BCUT2D eigenvalue weighted by Crippen LogP contribution is 2.29. The number of nitrogens with one attached hydrogen (secondary N) is 2. The number of benzene rings is 3. The molecule has 4 aromatic rings. The highest BCUT2D eigenvalue weighted by Gasteiger charge is 2.23. The highest BCUT2D eigenvalue weighted by molar-refractivity contribution is 5.95. The van der Waals surface area contributed by atoms with Gasteiger partial charge in [-0.3, -0.25) is 34.4 Å². The number of rotatable bonds is 13. The molecular weight excluding hydrogens is 580 g/mol. The van der Waals surface area contributed by atoms with Gasteiger partial charge >= 0.3 is 0 Å². The Bertz CT molecular complexity index is 1680. The van der Waals surface area contributed by atoms with E-state index in [0.29, 0.717) is 37.0 Å². The van der Waals surface area contributed by atoms with Crippen molar-refractivity contribution in [3.63, 3.8) is 0 Å². The van der Waals surface area contributed by atoms with E-state index in [9.17, 15) is 19.2 Å². The molecule has 3 aromatic carbocycles. The van der Waals surface area contributed by atoms with Crippen LogP contribution in [0.2, 0.25) is 0 Å². The molecule has 2 heterocycles. The maximum Gasteiger partial charge on any atom is 0.226 e. The van der Waals surface area contributed by atoms with Gasteiger partial charge in [-0.05, 0) is 73.7 Å². The summed E-state index contributed by atoms with van der Waals surface area (Å²) in [6.07, 6.45) is 7.85. The van der Waals surface area contributed by atoms with Crippen molar-refractivity contribution in [1.82, 2.24) is 20.2 Å². The lowest BCUT2D eigenvalue weighted by atomic mass is 9.93. The zero-order valence-corrected chi connectivity index (χ0v) is 26.3. The molecule has 1 aliphatic rings. The quantitative estimate of drug-likeness (QED) is 0.195.